The Morgan fingerprint density at radius 3 is 2.78 bits per heavy atom. The Morgan fingerprint density at radius 2 is 2.22 bits per heavy atom. The molecule has 0 unspecified atom stereocenters. The van der Waals surface area contributed by atoms with E-state index < -0.39 is 21.9 Å². The molecular formula is C11H18N2O4S. The summed E-state index contributed by atoms with van der Waals surface area (Å²) in [6, 6.07) is 2.63. The molecule has 7 heteroatoms. The number of carbonyl (C=O) groups excluding carboxylic acids is 1. The number of hydrogen-bond donors (Lipinski definition) is 2. The molecule has 18 heavy (non-hydrogen) atoms. The van der Waals surface area contributed by atoms with Gasteiger partial charge in [0, 0.05) is 11.8 Å². The van der Waals surface area contributed by atoms with E-state index in [9.17, 15) is 13.2 Å². The minimum Gasteiger partial charge on any atom is -0.467 e. The van der Waals surface area contributed by atoms with Crippen LogP contribution in [0.3, 0.4) is 0 Å². The summed E-state index contributed by atoms with van der Waals surface area (Å²) in [6.45, 7) is 3.50. The van der Waals surface area contributed by atoms with E-state index in [1.807, 2.05) is 0 Å². The summed E-state index contributed by atoms with van der Waals surface area (Å²) in [5.41, 5.74) is 0. The average Bonchev–Trinajstić information content (AvgIpc) is 2.78. The molecular weight excluding hydrogens is 256 g/mol. The first-order valence-electron chi connectivity index (χ1n) is 5.70. The summed E-state index contributed by atoms with van der Waals surface area (Å²) in [6.07, 6.45) is 1.52. The Bertz CT molecular complexity index is 467. The molecule has 0 bridgehead atoms. The smallest absolute Gasteiger partial charge is 0.315 e. The van der Waals surface area contributed by atoms with Gasteiger partial charge in [0.1, 0.15) is 5.76 Å². The largest absolute Gasteiger partial charge is 0.467 e. The molecule has 1 rings (SSSR count). The SMILES string of the molecule is CCS(=O)(=O)C[C@H](C)NC(=O)NCc1ccco1. The van der Waals surface area contributed by atoms with Crippen molar-refractivity contribution in [2.24, 2.45) is 0 Å². The van der Waals surface area contributed by atoms with Crippen LogP contribution in [0.4, 0.5) is 4.79 Å². The third-order valence-corrected chi connectivity index (χ3v) is 4.21. The van der Waals surface area contributed by atoms with Gasteiger partial charge in [-0.05, 0) is 19.1 Å². The maximum atomic E-state index is 11.5. The molecule has 102 valence electrons. The standard InChI is InChI=1S/C11H18N2O4S/c1-3-18(15,16)8-9(2)13-11(14)12-7-10-5-4-6-17-10/h4-6,9H,3,7-8H2,1-2H3,(H2,12,13,14)/t9-/m0/s1. The van der Waals surface area contributed by atoms with Crippen LogP contribution in [0, 0.1) is 0 Å². The fourth-order valence-electron chi connectivity index (χ4n) is 1.40. The predicted octanol–water partition coefficient (Wildman–Crippen LogP) is 0.902. The van der Waals surface area contributed by atoms with Crippen molar-refractivity contribution in [2.45, 2.75) is 26.4 Å². The lowest BCUT2D eigenvalue weighted by Crippen LogP contribution is -2.43. The minimum atomic E-state index is -3.08. The van der Waals surface area contributed by atoms with Crippen molar-refractivity contribution in [3.05, 3.63) is 24.2 Å². The van der Waals surface area contributed by atoms with Crippen LogP contribution in [0.1, 0.15) is 19.6 Å². The summed E-state index contributed by atoms with van der Waals surface area (Å²) in [7, 11) is -3.08. The molecule has 0 spiro atoms. The number of urea groups is 1. The average molecular weight is 274 g/mol. The van der Waals surface area contributed by atoms with Crippen LogP contribution in [-0.4, -0.2) is 32.0 Å². The van der Waals surface area contributed by atoms with Crippen LogP contribution in [-0.2, 0) is 16.4 Å². The fraction of sp³-hybridized carbons (Fsp3) is 0.545. The van der Waals surface area contributed by atoms with Crippen LogP contribution in [0.2, 0.25) is 0 Å². The Labute approximate surface area is 107 Å². The van der Waals surface area contributed by atoms with Crippen molar-refractivity contribution in [3.8, 4) is 0 Å². The summed E-state index contributed by atoms with van der Waals surface area (Å²) < 4.78 is 27.7. The van der Waals surface area contributed by atoms with Gasteiger partial charge in [0.2, 0.25) is 0 Å². The lowest BCUT2D eigenvalue weighted by molar-refractivity contribution is 0.237. The van der Waals surface area contributed by atoms with Crippen LogP contribution >= 0.6 is 0 Å². The fourth-order valence-corrected chi connectivity index (χ4v) is 2.48. The summed E-state index contributed by atoms with van der Waals surface area (Å²) >= 11 is 0. The molecule has 1 heterocycles. The van der Waals surface area contributed by atoms with Gasteiger partial charge in [-0.2, -0.15) is 0 Å². The Hall–Kier alpha value is -1.50. The van der Waals surface area contributed by atoms with Crippen LogP contribution in [0.15, 0.2) is 22.8 Å². The van der Waals surface area contributed by atoms with Crippen LogP contribution < -0.4 is 10.6 Å². The van der Waals surface area contributed by atoms with E-state index in [0.717, 1.165) is 0 Å². The van der Waals surface area contributed by atoms with Gasteiger partial charge >= 0.3 is 6.03 Å². The molecule has 2 amide bonds. The number of amides is 2. The van der Waals surface area contributed by atoms with Gasteiger partial charge in [-0.1, -0.05) is 6.92 Å². The topological polar surface area (TPSA) is 88.4 Å². The predicted molar refractivity (Wildman–Crippen MR) is 67.9 cm³/mol. The zero-order chi connectivity index (χ0) is 13.6. The van der Waals surface area contributed by atoms with Crippen molar-refractivity contribution < 1.29 is 17.6 Å². The molecule has 1 atom stereocenters. The summed E-state index contributed by atoms with van der Waals surface area (Å²) in [5, 5.41) is 5.14. The van der Waals surface area contributed by atoms with E-state index in [-0.39, 0.29) is 18.1 Å². The van der Waals surface area contributed by atoms with Gasteiger partial charge < -0.3 is 15.1 Å². The van der Waals surface area contributed by atoms with Gasteiger partial charge in [0.25, 0.3) is 0 Å². The molecule has 6 nitrogen and oxygen atoms in total. The number of nitrogens with one attached hydrogen (secondary N) is 2. The first kappa shape index (κ1) is 14.6. The van der Waals surface area contributed by atoms with Gasteiger partial charge in [-0.25, -0.2) is 13.2 Å². The first-order chi connectivity index (χ1) is 8.43. The molecule has 0 aromatic carbocycles. The number of carbonyl (C=O) groups is 1. The highest BCUT2D eigenvalue weighted by Crippen LogP contribution is 1.98. The molecule has 0 aliphatic heterocycles. The number of rotatable bonds is 6. The van der Waals surface area contributed by atoms with Crippen molar-refractivity contribution >= 4 is 15.9 Å². The highest BCUT2D eigenvalue weighted by Gasteiger charge is 2.15. The minimum absolute atomic E-state index is 0.0579. The van der Waals surface area contributed by atoms with Crippen molar-refractivity contribution in [1.29, 1.82) is 0 Å². The molecule has 0 radical (unpaired) electrons. The lowest BCUT2D eigenvalue weighted by atomic mass is 10.4. The molecule has 0 fully saturated rings. The molecule has 0 aliphatic carbocycles. The molecule has 0 aliphatic rings. The maximum Gasteiger partial charge on any atom is 0.315 e. The molecule has 1 aromatic rings. The highest BCUT2D eigenvalue weighted by molar-refractivity contribution is 7.91. The zero-order valence-corrected chi connectivity index (χ0v) is 11.3. The van der Waals surface area contributed by atoms with E-state index in [1.165, 1.54) is 6.26 Å². The first-order valence-corrected chi connectivity index (χ1v) is 7.52. The number of sulfone groups is 1. The van der Waals surface area contributed by atoms with Gasteiger partial charge in [-0.15, -0.1) is 0 Å². The van der Waals surface area contributed by atoms with Crippen molar-refractivity contribution in [1.82, 2.24) is 10.6 Å². The third kappa shape index (κ3) is 5.22. The summed E-state index contributed by atoms with van der Waals surface area (Å²) in [5.74, 6) is 0.657. The van der Waals surface area contributed by atoms with E-state index in [1.54, 1.807) is 26.0 Å². The normalized spacial score (nSPS) is 13.0. The molecule has 0 saturated carbocycles. The van der Waals surface area contributed by atoms with Gasteiger partial charge in [0.15, 0.2) is 9.84 Å². The molecule has 2 N–H and O–H groups in total. The number of hydrogen-bond acceptors (Lipinski definition) is 4. The van der Waals surface area contributed by atoms with E-state index in [4.69, 9.17) is 4.42 Å². The van der Waals surface area contributed by atoms with Gasteiger partial charge in [-0.3, -0.25) is 0 Å². The monoisotopic (exact) mass is 274 g/mol. The lowest BCUT2D eigenvalue weighted by Gasteiger charge is -2.13. The molecule has 1 aromatic heterocycles. The second-order valence-electron chi connectivity index (χ2n) is 4.01. The second-order valence-corrected chi connectivity index (χ2v) is 6.40. The van der Waals surface area contributed by atoms with Crippen LogP contribution in [0.25, 0.3) is 0 Å². The van der Waals surface area contributed by atoms with E-state index in [0.29, 0.717) is 5.76 Å². The van der Waals surface area contributed by atoms with Gasteiger partial charge in [0.05, 0.1) is 18.6 Å². The summed E-state index contributed by atoms with van der Waals surface area (Å²) in [4.78, 5) is 11.5. The third-order valence-electron chi connectivity index (χ3n) is 2.32. The Balaban J connectivity index is 2.31. The second kappa shape index (κ2) is 6.44. The van der Waals surface area contributed by atoms with Crippen molar-refractivity contribution in [2.75, 3.05) is 11.5 Å². The highest BCUT2D eigenvalue weighted by atomic mass is 32.2. The molecule has 0 saturated heterocycles. The van der Waals surface area contributed by atoms with Crippen LogP contribution in [0.5, 0.6) is 0 Å². The Kier molecular flexibility index (Phi) is 5.21. The van der Waals surface area contributed by atoms with Crippen molar-refractivity contribution in [3.63, 3.8) is 0 Å². The Morgan fingerprint density at radius 1 is 1.50 bits per heavy atom. The zero-order valence-electron chi connectivity index (χ0n) is 10.5. The number of furan rings is 1. The van der Waals surface area contributed by atoms with E-state index in [2.05, 4.69) is 10.6 Å². The quantitative estimate of drug-likeness (QED) is 0.806. The maximum absolute atomic E-state index is 11.5. The van der Waals surface area contributed by atoms with E-state index >= 15 is 0 Å².